The van der Waals surface area contributed by atoms with Gasteiger partial charge in [0, 0.05) is 18.5 Å². The number of rotatable bonds is 8. The molecule has 4 aromatic rings. The van der Waals surface area contributed by atoms with Gasteiger partial charge in [0.15, 0.2) is 0 Å². The first-order valence-corrected chi connectivity index (χ1v) is 12.9. The van der Waals surface area contributed by atoms with Gasteiger partial charge < -0.3 is 4.74 Å². The van der Waals surface area contributed by atoms with Gasteiger partial charge in [0.1, 0.15) is 5.82 Å². The fourth-order valence-electron chi connectivity index (χ4n) is 5.43. The average Bonchev–Trinajstić information content (AvgIpc) is 3.53. The van der Waals surface area contributed by atoms with E-state index in [1.54, 1.807) is 0 Å². The third-order valence-corrected chi connectivity index (χ3v) is 7.18. The van der Waals surface area contributed by atoms with Gasteiger partial charge in [-0.3, -0.25) is 9.88 Å². The Balaban J connectivity index is 1.50. The summed E-state index contributed by atoms with van der Waals surface area (Å²) in [5.41, 5.74) is -1.54. The maximum Gasteiger partial charge on any atom is 0.416 e. The molecular weight excluding hydrogens is 550 g/mol. The van der Waals surface area contributed by atoms with E-state index in [0.29, 0.717) is 30.9 Å². The molecule has 5 rings (SSSR count). The number of H-pyrrole nitrogens is 2. The van der Waals surface area contributed by atoms with Crippen molar-refractivity contribution in [1.29, 1.82) is 0 Å². The first-order chi connectivity index (χ1) is 19.5. The van der Waals surface area contributed by atoms with Crippen LogP contribution in [0.3, 0.4) is 0 Å². The summed E-state index contributed by atoms with van der Waals surface area (Å²) in [6.07, 6.45) is -10.0. The lowest BCUT2D eigenvalue weighted by Gasteiger charge is -2.35. The molecular formula is C29H26F6N4O2. The molecule has 0 radical (unpaired) electrons. The molecule has 216 valence electrons. The maximum absolute atomic E-state index is 13.4. The molecule has 2 N–H and O–H groups in total. The Kier molecular flexibility index (Phi) is 8.05. The third-order valence-electron chi connectivity index (χ3n) is 7.18. The summed E-state index contributed by atoms with van der Waals surface area (Å²) in [5.74, 6) is 0.135. The Morgan fingerprint density at radius 2 is 1.44 bits per heavy atom. The van der Waals surface area contributed by atoms with Crippen molar-refractivity contribution >= 4 is 0 Å². The first kappa shape index (κ1) is 28.6. The molecule has 6 nitrogen and oxygen atoms in total. The molecule has 0 unspecified atom stereocenters. The SMILES string of the molecule is O=c1[nH]nc(CN2CC[C@H](OCc3cc(C(F)(F)F)cc(C(F)(F)F)c3)[C@H]2C(c2ccccc2)c2ccccc2)[nH]1. The van der Waals surface area contributed by atoms with Gasteiger partial charge in [0.2, 0.25) is 0 Å². The maximum atomic E-state index is 13.4. The van der Waals surface area contributed by atoms with Gasteiger partial charge in [-0.15, -0.1) is 0 Å². The summed E-state index contributed by atoms with van der Waals surface area (Å²) in [4.78, 5) is 16.4. The molecule has 41 heavy (non-hydrogen) atoms. The van der Waals surface area contributed by atoms with E-state index in [2.05, 4.69) is 20.1 Å². The van der Waals surface area contributed by atoms with Gasteiger partial charge in [0.05, 0.1) is 30.4 Å². The number of halogens is 6. The zero-order valence-electron chi connectivity index (χ0n) is 21.5. The van der Waals surface area contributed by atoms with Crippen LogP contribution in [0.2, 0.25) is 0 Å². The zero-order valence-corrected chi connectivity index (χ0v) is 21.5. The Hall–Kier alpha value is -3.90. The van der Waals surface area contributed by atoms with E-state index in [-0.39, 0.29) is 30.1 Å². The highest BCUT2D eigenvalue weighted by Crippen LogP contribution is 2.40. The molecule has 1 aromatic heterocycles. The summed E-state index contributed by atoms with van der Waals surface area (Å²) in [5, 5.41) is 6.35. The lowest BCUT2D eigenvalue weighted by atomic mass is 9.82. The zero-order chi connectivity index (χ0) is 29.2. The van der Waals surface area contributed by atoms with Crippen molar-refractivity contribution in [3.63, 3.8) is 0 Å². The van der Waals surface area contributed by atoms with Crippen LogP contribution >= 0.6 is 0 Å². The monoisotopic (exact) mass is 576 g/mol. The number of hydrogen-bond donors (Lipinski definition) is 2. The predicted octanol–water partition coefficient (Wildman–Crippen LogP) is 6.13. The first-order valence-electron chi connectivity index (χ1n) is 12.9. The van der Waals surface area contributed by atoms with Crippen LogP contribution in [0.5, 0.6) is 0 Å². The number of hydrogen-bond acceptors (Lipinski definition) is 4. The molecule has 1 aliphatic rings. The Morgan fingerprint density at radius 1 is 0.878 bits per heavy atom. The summed E-state index contributed by atoms with van der Waals surface area (Å²) >= 11 is 0. The van der Waals surface area contributed by atoms with E-state index in [1.165, 1.54) is 0 Å². The van der Waals surface area contributed by atoms with Crippen LogP contribution < -0.4 is 5.69 Å². The van der Waals surface area contributed by atoms with Crippen molar-refractivity contribution in [3.8, 4) is 0 Å². The van der Waals surface area contributed by atoms with E-state index < -0.39 is 41.9 Å². The van der Waals surface area contributed by atoms with Crippen molar-refractivity contribution in [1.82, 2.24) is 20.1 Å². The molecule has 1 saturated heterocycles. The minimum Gasteiger partial charge on any atom is -0.372 e. The lowest BCUT2D eigenvalue weighted by molar-refractivity contribution is -0.143. The van der Waals surface area contributed by atoms with Gasteiger partial charge in [-0.1, -0.05) is 60.7 Å². The summed E-state index contributed by atoms with van der Waals surface area (Å²) in [6, 6.07) is 20.3. The smallest absolute Gasteiger partial charge is 0.372 e. The van der Waals surface area contributed by atoms with Gasteiger partial charge in [0.25, 0.3) is 0 Å². The highest BCUT2D eigenvalue weighted by molar-refractivity contribution is 5.36. The molecule has 0 spiro atoms. The largest absolute Gasteiger partial charge is 0.416 e. The standard InChI is InChI=1S/C29H26F6N4O2/c30-28(31,32)21-13-18(14-22(15-21)29(33,34)35)17-41-23-11-12-39(16-24-36-27(40)38-37-24)26(23)25(19-7-3-1-4-8-19)20-9-5-2-6-10-20/h1-10,13-15,23,25-26H,11-12,16-17H2,(H2,36,37,38,40)/t23-,26-/m0/s1. The molecule has 0 amide bonds. The Morgan fingerprint density at radius 3 is 1.93 bits per heavy atom. The normalized spacial score (nSPS) is 18.3. The van der Waals surface area contributed by atoms with Crippen LogP contribution in [-0.2, 0) is 30.2 Å². The summed E-state index contributed by atoms with van der Waals surface area (Å²) < 4.78 is 86.7. The number of aromatic amines is 2. The second-order valence-corrected chi connectivity index (χ2v) is 9.94. The highest BCUT2D eigenvalue weighted by atomic mass is 19.4. The van der Waals surface area contributed by atoms with E-state index in [9.17, 15) is 31.1 Å². The van der Waals surface area contributed by atoms with E-state index in [4.69, 9.17) is 4.74 Å². The Labute approximate surface area is 231 Å². The Bertz CT molecular complexity index is 1430. The van der Waals surface area contributed by atoms with Crippen molar-refractivity contribution in [2.45, 2.75) is 50.0 Å². The van der Waals surface area contributed by atoms with Crippen LogP contribution in [0.15, 0.2) is 83.7 Å². The summed E-state index contributed by atoms with van der Waals surface area (Å²) in [7, 11) is 0. The molecule has 2 heterocycles. The van der Waals surface area contributed by atoms with Crippen LogP contribution in [0.25, 0.3) is 0 Å². The molecule has 0 aliphatic carbocycles. The van der Waals surface area contributed by atoms with E-state index >= 15 is 0 Å². The average molecular weight is 577 g/mol. The van der Waals surface area contributed by atoms with Gasteiger partial charge in [-0.25, -0.2) is 9.89 Å². The number of alkyl halides is 6. The third kappa shape index (κ3) is 6.71. The molecule has 1 aliphatic heterocycles. The summed E-state index contributed by atoms with van der Waals surface area (Å²) in [6.45, 7) is 0.301. The molecule has 0 saturated carbocycles. The molecule has 0 bridgehead atoms. The van der Waals surface area contributed by atoms with Gasteiger partial charge in [-0.05, 0) is 41.3 Å². The lowest BCUT2D eigenvalue weighted by Crippen LogP contribution is -2.41. The van der Waals surface area contributed by atoms with Crippen molar-refractivity contribution in [2.75, 3.05) is 6.54 Å². The second-order valence-electron chi connectivity index (χ2n) is 9.94. The molecule has 3 aromatic carbocycles. The fourth-order valence-corrected chi connectivity index (χ4v) is 5.43. The van der Waals surface area contributed by atoms with Crippen molar-refractivity contribution < 1.29 is 31.1 Å². The highest BCUT2D eigenvalue weighted by Gasteiger charge is 2.42. The number of likely N-dealkylation sites (tertiary alicyclic amines) is 1. The number of aromatic nitrogens is 3. The number of benzene rings is 3. The molecule has 2 atom stereocenters. The fraction of sp³-hybridized carbons (Fsp3) is 0.310. The quantitative estimate of drug-likeness (QED) is 0.248. The number of nitrogens with one attached hydrogen (secondary N) is 2. The number of ether oxygens (including phenoxy) is 1. The van der Waals surface area contributed by atoms with Crippen molar-refractivity contribution in [3.05, 3.63) is 123 Å². The van der Waals surface area contributed by atoms with Gasteiger partial charge in [-0.2, -0.15) is 31.4 Å². The molecule has 1 fully saturated rings. The minimum atomic E-state index is -4.95. The second kappa shape index (κ2) is 11.5. The predicted molar refractivity (Wildman–Crippen MR) is 138 cm³/mol. The topological polar surface area (TPSA) is 74.0 Å². The van der Waals surface area contributed by atoms with Gasteiger partial charge >= 0.3 is 18.0 Å². The number of nitrogens with zero attached hydrogens (tertiary/aromatic N) is 2. The van der Waals surface area contributed by atoms with Crippen LogP contribution in [0.1, 0.15) is 46.0 Å². The molecule has 12 heteroatoms. The van der Waals surface area contributed by atoms with E-state index in [0.717, 1.165) is 11.1 Å². The van der Waals surface area contributed by atoms with E-state index in [1.807, 2.05) is 60.7 Å². The minimum absolute atomic E-state index is 0.106. The van der Waals surface area contributed by atoms with Crippen LogP contribution in [-0.4, -0.2) is 38.8 Å². The van der Waals surface area contributed by atoms with Crippen LogP contribution in [0, 0.1) is 0 Å². The van der Waals surface area contributed by atoms with Crippen LogP contribution in [0.4, 0.5) is 26.3 Å². The van der Waals surface area contributed by atoms with Crippen molar-refractivity contribution in [2.24, 2.45) is 0 Å².